The average Bonchev–Trinajstić information content (AvgIpc) is 2.29. The maximum atomic E-state index is 10.9. The lowest BCUT2D eigenvalue weighted by Gasteiger charge is -2.09. The molecule has 0 aliphatic rings. The smallest absolute Gasteiger partial charge is 0.311 e. The van der Waals surface area contributed by atoms with Gasteiger partial charge in [0.15, 0.2) is 5.75 Å². The van der Waals surface area contributed by atoms with E-state index in [0.717, 1.165) is 16.5 Å². The molecule has 0 spiro atoms. The predicted molar refractivity (Wildman–Crippen MR) is 79.1 cm³/mol. The highest BCUT2D eigenvalue weighted by atomic mass is 127. The lowest BCUT2D eigenvalue weighted by atomic mass is 10.3. The van der Waals surface area contributed by atoms with E-state index in [0.29, 0.717) is 18.4 Å². The third-order valence-corrected chi connectivity index (χ3v) is 2.92. The number of halogens is 1. The van der Waals surface area contributed by atoms with Crippen LogP contribution in [0.2, 0.25) is 0 Å². The van der Waals surface area contributed by atoms with Crippen molar-refractivity contribution in [2.45, 2.75) is 26.3 Å². The highest BCUT2D eigenvalue weighted by Crippen LogP contribution is 2.28. The highest BCUT2D eigenvalue weighted by molar-refractivity contribution is 14.1. The van der Waals surface area contributed by atoms with Crippen molar-refractivity contribution in [2.75, 3.05) is 13.2 Å². The molecule has 6 heteroatoms. The SMILES string of the molecule is CC(C)NCCCOc1ccc(I)cc1[N+](=O)[O-]. The number of rotatable bonds is 7. The van der Waals surface area contributed by atoms with Gasteiger partial charge in [-0.1, -0.05) is 13.8 Å². The van der Waals surface area contributed by atoms with Gasteiger partial charge in [0.2, 0.25) is 0 Å². The van der Waals surface area contributed by atoms with E-state index in [4.69, 9.17) is 4.74 Å². The van der Waals surface area contributed by atoms with Crippen molar-refractivity contribution in [1.29, 1.82) is 0 Å². The van der Waals surface area contributed by atoms with Gasteiger partial charge in [0, 0.05) is 15.7 Å². The van der Waals surface area contributed by atoms with Gasteiger partial charge in [-0.25, -0.2) is 0 Å². The second-order valence-corrected chi connectivity index (χ2v) is 5.43. The largest absolute Gasteiger partial charge is 0.487 e. The predicted octanol–water partition coefficient (Wildman–Crippen LogP) is 2.97. The van der Waals surface area contributed by atoms with Gasteiger partial charge in [0.25, 0.3) is 0 Å². The summed E-state index contributed by atoms with van der Waals surface area (Å²) in [6.07, 6.45) is 0.821. The third kappa shape index (κ3) is 5.18. The van der Waals surface area contributed by atoms with E-state index in [-0.39, 0.29) is 5.69 Å². The summed E-state index contributed by atoms with van der Waals surface area (Å²) in [7, 11) is 0. The minimum absolute atomic E-state index is 0.0266. The van der Waals surface area contributed by atoms with E-state index in [9.17, 15) is 10.1 Å². The molecule has 1 rings (SSSR count). The molecule has 0 amide bonds. The Balaban J connectivity index is 2.49. The normalized spacial score (nSPS) is 10.7. The molecule has 0 fully saturated rings. The van der Waals surface area contributed by atoms with Gasteiger partial charge < -0.3 is 10.1 Å². The first-order valence-corrected chi connectivity index (χ1v) is 6.88. The van der Waals surface area contributed by atoms with E-state index in [1.807, 2.05) is 22.6 Å². The molecule has 0 aromatic heterocycles. The number of benzene rings is 1. The molecule has 5 nitrogen and oxygen atoms in total. The van der Waals surface area contributed by atoms with Crippen LogP contribution in [-0.4, -0.2) is 24.1 Å². The van der Waals surface area contributed by atoms with Crippen LogP contribution in [0.5, 0.6) is 5.75 Å². The Kier molecular flexibility index (Phi) is 6.34. The summed E-state index contributed by atoms with van der Waals surface area (Å²) < 4.78 is 6.28. The van der Waals surface area contributed by atoms with Gasteiger partial charge in [-0.15, -0.1) is 0 Å². The number of nitro groups is 1. The molecular formula is C12H17IN2O3. The lowest BCUT2D eigenvalue weighted by molar-refractivity contribution is -0.386. The van der Waals surface area contributed by atoms with Crippen LogP contribution in [0.25, 0.3) is 0 Å². The number of nitrogens with zero attached hydrogens (tertiary/aromatic N) is 1. The van der Waals surface area contributed by atoms with Crippen LogP contribution < -0.4 is 10.1 Å². The Morgan fingerprint density at radius 3 is 2.83 bits per heavy atom. The zero-order chi connectivity index (χ0) is 13.5. The maximum absolute atomic E-state index is 10.9. The second-order valence-electron chi connectivity index (χ2n) is 4.18. The zero-order valence-electron chi connectivity index (χ0n) is 10.5. The average molecular weight is 364 g/mol. The van der Waals surface area contributed by atoms with Crippen LogP contribution in [-0.2, 0) is 0 Å². The monoisotopic (exact) mass is 364 g/mol. The third-order valence-electron chi connectivity index (χ3n) is 2.25. The van der Waals surface area contributed by atoms with Crippen LogP contribution in [0.4, 0.5) is 5.69 Å². The summed E-state index contributed by atoms with van der Waals surface area (Å²) >= 11 is 2.04. The molecule has 1 aromatic rings. The van der Waals surface area contributed by atoms with Crippen molar-refractivity contribution < 1.29 is 9.66 Å². The Morgan fingerprint density at radius 2 is 2.22 bits per heavy atom. The fourth-order valence-electron chi connectivity index (χ4n) is 1.40. The van der Waals surface area contributed by atoms with Crippen molar-refractivity contribution in [3.8, 4) is 5.75 Å². The number of nitrogens with one attached hydrogen (secondary N) is 1. The molecule has 0 unspecified atom stereocenters. The van der Waals surface area contributed by atoms with Crippen LogP contribution in [0.1, 0.15) is 20.3 Å². The Bertz CT molecular complexity index is 410. The molecule has 0 radical (unpaired) electrons. The molecule has 0 aliphatic heterocycles. The minimum Gasteiger partial charge on any atom is -0.487 e. The Hall–Kier alpha value is -0.890. The van der Waals surface area contributed by atoms with Crippen molar-refractivity contribution in [2.24, 2.45) is 0 Å². The van der Waals surface area contributed by atoms with Crippen LogP contribution in [0.15, 0.2) is 18.2 Å². The van der Waals surface area contributed by atoms with Gasteiger partial charge in [0.05, 0.1) is 11.5 Å². The van der Waals surface area contributed by atoms with E-state index in [1.165, 1.54) is 6.07 Å². The molecular weight excluding hydrogens is 347 g/mol. The Morgan fingerprint density at radius 1 is 1.50 bits per heavy atom. The van der Waals surface area contributed by atoms with Gasteiger partial charge >= 0.3 is 5.69 Å². The van der Waals surface area contributed by atoms with Crippen LogP contribution >= 0.6 is 22.6 Å². The van der Waals surface area contributed by atoms with E-state index in [1.54, 1.807) is 12.1 Å². The highest BCUT2D eigenvalue weighted by Gasteiger charge is 2.15. The topological polar surface area (TPSA) is 64.4 Å². The minimum atomic E-state index is -0.413. The summed E-state index contributed by atoms with van der Waals surface area (Å²) in [5.41, 5.74) is 0.0266. The lowest BCUT2D eigenvalue weighted by Crippen LogP contribution is -2.24. The van der Waals surface area contributed by atoms with Crippen molar-refractivity contribution in [1.82, 2.24) is 5.32 Å². The molecule has 0 aliphatic carbocycles. The zero-order valence-corrected chi connectivity index (χ0v) is 12.6. The van der Waals surface area contributed by atoms with Gasteiger partial charge in [-0.2, -0.15) is 0 Å². The van der Waals surface area contributed by atoms with Crippen molar-refractivity contribution in [3.05, 3.63) is 31.9 Å². The number of ether oxygens (including phenoxy) is 1. The molecule has 0 atom stereocenters. The summed E-state index contributed by atoms with van der Waals surface area (Å²) in [5, 5.41) is 14.1. The molecule has 100 valence electrons. The standard InChI is InChI=1S/C12H17IN2O3/c1-9(2)14-6-3-7-18-12-5-4-10(13)8-11(12)15(16)17/h4-5,8-9,14H,3,6-7H2,1-2H3. The fourth-order valence-corrected chi connectivity index (χ4v) is 1.88. The van der Waals surface area contributed by atoms with Gasteiger partial charge in [-0.05, 0) is 47.7 Å². The number of hydrogen-bond donors (Lipinski definition) is 1. The van der Waals surface area contributed by atoms with Crippen molar-refractivity contribution in [3.63, 3.8) is 0 Å². The van der Waals surface area contributed by atoms with E-state index >= 15 is 0 Å². The first kappa shape index (κ1) is 15.2. The summed E-state index contributed by atoms with van der Waals surface area (Å²) in [5.74, 6) is 0.338. The first-order chi connectivity index (χ1) is 8.50. The molecule has 0 heterocycles. The summed E-state index contributed by atoms with van der Waals surface area (Å²) in [4.78, 5) is 10.4. The van der Waals surface area contributed by atoms with Gasteiger partial charge in [-0.3, -0.25) is 10.1 Å². The number of hydrogen-bond acceptors (Lipinski definition) is 4. The summed E-state index contributed by atoms with van der Waals surface area (Å²) in [6.45, 7) is 5.46. The quantitative estimate of drug-likeness (QED) is 0.350. The second kappa shape index (κ2) is 7.52. The van der Waals surface area contributed by atoms with Crippen LogP contribution in [0, 0.1) is 13.7 Å². The van der Waals surface area contributed by atoms with E-state index in [2.05, 4.69) is 19.2 Å². The van der Waals surface area contributed by atoms with Crippen LogP contribution in [0.3, 0.4) is 0 Å². The Labute approximate surface area is 120 Å². The van der Waals surface area contributed by atoms with Crippen molar-refractivity contribution >= 4 is 28.3 Å². The summed E-state index contributed by atoms with van der Waals surface area (Å²) in [6, 6.07) is 5.41. The molecule has 0 saturated heterocycles. The molecule has 0 saturated carbocycles. The molecule has 1 N–H and O–H groups in total. The maximum Gasteiger partial charge on any atom is 0.311 e. The molecule has 1 aromatic carbocycles. The fraction of sp³-hybridized carbons (Fsp3) is 0.500. The van der Waals surface area contributed by atoms with Gasteiger partial charge in [0.1, 0.15) is 0 Å². The molecule has 18 heavy (non-hydrogen) atoms. The van der Waals surface area contributed by atoms with E-state index < -0.39 is 4.92 Å². The molecule has 0 bridgehead atoms. The number of nitro benzene ring substituents is 1. The first-order valence-electron chi connectivity index (χ1n) is 5.81.